The summed E-state index contributed by atoms with van der Waals surface area (Å²) in [5.74, 6) is 0.647. The van der Waals surface area contributed by atoms with Crippen molar-refractivity contribution in [1.29, 1.82) is 0 Å². The van der Waals surface area contributed by atoms with Crippen LogP contribution in [-0.2, 0) is 6.54 Å². The molecule has 98 valence electrons. The molecule has 4 heteroatoms. The second kappa shape index (κ2) is 4.05. The molecule has 4 nitrogen and oxygen atoms in total. The van der Waals surface area contributed by atoms with Gasteiger partial charge in [-0.05, 0) is 34.6 Å². The Hall–Kier alpha value is -1.42. The fraction of sp³-hybridized carbons (Fsp3) is 0.571. The van der Waals surface area contributed by atoms with Gasteiger partial charge < -0.3 is 0 Å². The van der Waals surface area contributed by atoms with E-state index in [-0.39, 0.29) is 5.54 Å². The van der Waals surface area contributed by atoms with E-state index >= 15 is 0 Å². The van der Waals surface area contributed by atoms with Crippen LogP contribution in [0.15, 0.2) is 29.5 Å². The lowest BCUT2D eigenvalue weighted by molar-refractivity contribution is -0.693. The van der Waals surface area contributed by atoms with Crippen molar-refractivity contribution in [2.75, 3.05) is 0 Å². The molecule has 2 heterocycles. The topological polar surface area (TPSA) is 39.7 Å². The van der Waals surface area contributed by atoms with Gasteiger partial charge in [-0.2, -0.15) is 0 Å². The highest BCUT2D eigenvalue weighted by Gasteiger charge is 2.49. The van der Waals surface area contributed by atoms with E-state index in [1.165, 1.54) is 5.06 Å². The number of nitrogens with zero attached hydrogens (tertiary/aromatic N) is 3. The summed E-state index contributed by atoms with van der Waals surface area (Å²) in [5.41, 5.74) is 0.230. The fourth-order valence-electron chi connectivity index (χ4n) is 1.98. The van der Waals surface area contributed by atoms with Crippen LogP contribution in [0.2, 0.25) is 0 Å². The summed E-state index contributed by atoms with van der Waals surface area (Å²) in [5, 5.41) is 11.6. The van der Waals surface area contributed by atoms with E-state index in [0.29, 0.717) is 5.84 Å². The monoisotopic (exact) mass is 248 g/mol. The van der Waals surface area contributed by atoms with Crippen molar-refractivity contribution < 1.29 is 9.77 Å². The summed E-state index contributed by atoms with van der Waals surface area (Å²) < 4.78 is 2.08. The van der Waals surface area contributed by atoms with Crippen LogP contribution in [0.3, 0.4) is 0 Å². The molecule has 0 aromatic carbocycles. The minimum Gasteiger partial charge on any atom is -0.286 e. The van der Waals surface area contributed by atoms with Crippen molar-refractivity contribution in [3.05, 3.63) is 30.1 Å². The average Bonchev–Trinajstić information content (AvgIpc) is 2.50. The Kier molecular flexibility index (Phi) is 2.93. The van der Waals surface area contributed by atoms with E-state index in [0.717, 1.165) is 12.1 Å². The molecule has 18 heavy (non-hydrogen) atoms. The molecule has 2 rings (SSSR count). The number of amidine groups is 1. The molecular formula is C14H22N3O+. The van der Waals surface area contributed by atoms with Gasteiger partial charge in [0.25, 0.3) is 0 Å². The Morgan fingerprint density at radius 2 is 1.78 bits per heavy atom. The van der Waals surface area contributed by atoms with Gasteiger partial charge in [0, 0.05) is 17.7 Å². The smallest absolute Gasteiger partial charge is 0.169 e. The van der Waals surface area contributed by atoms with E-state index in [1.54, 1.807) is 0 Å². The first-order valence-electron chi connectivity index (χ1n) is 6.38. The molecule has 0 fully saturated rings. The van der Waals surface area contributed by atoms with Crippen molar-refractivity contribution in [3.8, 4) is 0 Å². The third kappa shape index (κ3) is 1.81. The molecular weight excluding hydrogens is 226 g/mol. The van der Waals surface area contributed by atoms with Gasteiger partial charge in [-0.25, -0.2) is 9.63 Å². The van der Waals surface area contributed by atoms with E-state index in [4.69, 9.17) is 0 Å². The molecule has 1 N–H and O–H groups in total. The van der Waals surface area contributed by atoms with E-state index in [9.17, 15) is 5.21 Å². The second-order valence-electron chi connectivity index (χ2n) is 5.78. The maximum absolute atomic E-state index is 10.3. The minimum atomic E-state index is -0.404. The van der Waals surface area contributed by atoms with Crippen LogP contribution >= 0.6 is 0 Å². The third-order valence-electron chi connectivity index (χ3n) is 4.13. The summed E-state index contributed by atoms with van der Waals surface area (Å²) in [6.07, 6.45) is 4.01. The minimum absolute atomic E-state index is 0.312. The number of hydroxylamine groups is 2. The molecule has 0 saturated heterocycles. The van der Waals surface area contributed by atoms with Crippen LogP contribution in [-0.4, -0.2) is 27.2 Å². The Morgan fingerprint density at radius 3 is 2.17 bits per heavy atom. The quantitative estimate of drug-likeness (QED) is 0.813. The van der Waals surface area contributed by atoms with E-state index in [2.05, 4.69) is 16.5 Å². The SMILES string of the molecule is CC[n+]1ccc(C2=NC(C)(C)C(C)(C)N2O)cc1. The summed E-state index contributed by atoms with van der Waals surface area (Å²) in [4.78, 5) is 4.66. The molecule has 0 amide bonds. The zero-order valence-corrected chi connectivity index (χ0v) is 11.8. The van der Waals surface area contributed by atoms with Gasteiger partial charge in [0.15, 0.2) is 18.2 Å². The first-order valence-corrected chi connectivity index (χ1v) is 6.38. The number of hydrogen-bond donors (Lipinski definition) is 1. The highest BCUT2D eigenvalue weighted by Crippen LogP contribution is 2.37. The standard InChI is InChI=1S/C14H22N3O/c1-6-16-9-7-11(8-10-16)12-15-13(2,3)14(4,5)17(12)18/h7-10,18H,6H2,1-5H3/q+1. The van der Waals surface area contributed by atoms with Crippen molar-refractivity contribution in [2.45, 2.75) is 52.2 Å². The Bertz CT molecular complexity index is 474. The Balaban J connectivity index is 2.40. The van der Waals surface area contributed by atoms with Crippen LogP contribution in [0.1, 0.15) is 40.2 Å². The van der Waals surface area contributed by atoms with Crippen LogP contribution < -0.4 is 4.57 Å². The first-order chi connectivity index (χ1) is 8.29. The molecule has 0 atom stereocenters. The van der Waals surface area contributed by atoms with E-state index in [1.807, 2.05) is 52.2 Å². The summed E-state index contributed by atoms with van der Waals surface area (Å²) in [6.45, 7) is 11.1. The number of aromatic nitrogens is 1. The predicted molar refractivity (Wildman–Crippen MR) is 70.6 cm³/mol. The second-order valence-corrected chi connectivity index (χ2v) is 5.78. The molecule has 0 saturated carbocycles. The molecule has 0 radical (unpaired) electrons. The van der Waals surface area contributed by atoms with E-state index < -0.39 is 5.54 Å². The lowest BCUT2D eigenvalue weighted by Gasteiger charge is -2.36. The largest absolute Gasteiger partial charge is 0.286 e. The first kappa shape index (κ1) is 13.0. The highest BCUT2D eigenvalue weighted by molar-refractivity contribution is 6.00. The molecule has 0 aliphatic carbocycles. The zero-order valence-electron chi connectivity index (χ0n) is 11.8. The highest BCUT2D eigenvalue weighted by atomic mass is 16.5. The number of pyridine rings is 1. The number of aryl methyl sites for hydroxylation is 1. The molecule has 1 aromatic heterocycles. The molecule has 0 spiro atoms. The zero-order chi connectivity index (χ0) is 13.6. The third-order valence-corrected chi connectivity index (χ3v) is 4.13. The van der Waals surface area contributed by atoms with Gasteiger partial charge in [0.05, 0.1) is 11.1 Å². The van der Waals surface area contributed by atoms with Crippen LogP contribution in [0.5, 0.6) is 0 Å². The molecule has 0 bridgehead atoms. The van der Waals surface area contributed by atoms with Gasteiger partial charge in [-0.3, -0.25) is 10.2 Å². The van der Waals surface area contributed by atoms with Gasteiger partial charge in [-0.15, -0.1) is 0 Å². The number of hydrogen-bond acceptors (Lipinski definition) is 3. The lowest BCUT2D eigenvalue weighted by atomic mass is 9.84. The van der Waals surface area contributed by atoms with Crippen LogP contribution in [0.4, 0.5) is 0 Å². The molecule has 0 unspecified atom stereocenters. The van der Waals surface area contributed by atoms with Crippen LogP contribution in [0, 0.1) is 0 Å². The lowest BCUT2D eigenvalue weighted by Crippen LogP contribution is -2.51. The van der Waals surface area contributed by atoms with Gasteiger partial charge in [-0.1, -0.05) is 0 Å². The average molecular weight is 248 g/mol. The van der Waals surface area contributed by atoms with Crippen LogP contribution in [0.25, 0.3) is 0 Å². The summed E-state index contributed by atoms with van der Waals surface area (Å²) in [7, 11) is 0. The normalized spacial score (nSPS) is 21.0. The fourth-order valence-corrected chi connectivity index (χ4v) is 1.98. The predicted octanol–water partition coefficient (Wildman–Crippen LogP) is 2.00. The van der Waals surface area contributed by atoms with Crippen molar-refractivity contribution in [1.82, 2.24) is 5.06 Å². The van der Waals surface area contributed by atoms with Crippen molar-refractivity contribution in [3.63, 3.8) is 0 Å². The molecule has 1 aromatic rings. The van der Waals surface area contributed by atoms with Gasteiger partial charge in [0.1, 0.15) is 6.54 Å². The Morgan fingerprint density at radius 1 is 1.22 bits per heavy atom. The number of rotatable bonds is 2. The van der Waals surface area contributed by atoms with Crippen molar-refractivity contribution >= 4 is 5.84 Å². The number of aliphatic imine (C=N–C) groups is 1. The van der Waals surface area contributed by atoms with Gasteiger partial charge >= 0.3 is 0 Å². The van der Waals surface area contributed by atoms with Crippen molar-refractivity contribution in [2.24, 2.45) is 4.99 Å². The summed E-state index contributed by atoms with van der Waals surface area (Å²) in [6, 6.07) is 3.98. The maximum Gasteiger partial charge on any atom is 0.169 e. The molecule has 1 aliphatic heterocycles. The molecule has 1 aliphatic rings. The van der Waals surface area contributed by atoms with Gasteiger partial charge in [0.2, 0.25) is 0 Å². The maximum atomic E-state index is 10.3. The Labute approximate surface area is 109 Å². The summed E-state index contributed by atoms with van der Waals surface area (Å²) >= 11 is 0.